The number of methoxy groups -OCH3 is 2. The van der Waals surface area contributed by atoms with Gasteiger partial charge in [0, 0.05) is 14.2 Å². The van der Waals surface area contributed by atoms with Gasteiger partial charge >= 0.3 is 10.0 Å². The fraction of sp³-hybridized carbons (Fsp3) is 1.00. The van der Waals surface area contributed by atoms with Gasteiger partial charge < -0.3 is 27.8 Å². The molecule has 7 heteroatoms. The lowest BCUT2D eigenvalue weighted by Crippen LogP contribution is -2.15. The van der Waals surface area contributed by atoms with Crippen LogP contribution in [0, 0.1) is 0 Å². The Balaban J connectivity index is 2.85. The molecule has 6 nitrogen and oxygen atoms in total. The topological polar surface area (TPSA) is 55.4 Å². The zero-order valence-corrected chi connectivity index (χ0v) is 11.6. The maximum atomic E-state index is 5.21. The van der Waals surface area contributed by atoms with Crippen molar-refractivity contribution in [3.8, 4) is 0 Å². The van der Waals surface area contributed by atoms with Crippen LogP contribution in [0.2, 0.25) is 0 Å². The van der Waals surface area contributed by atoms with E-state index in [0.29, 0.717) is 52.9 Å². The fourth-order valence-electron chi connectivity index (χ4n) is 0.815. The molecule has 0 aliphatic carbocycles. The van der Waals surface area contributed by atoms with Crippen LogP contribution in [0.3, 0.4) is 0 Å². The molecule has 0 fully saturated rings. The second-order valence-corrected chi connectivity index (χ2v) is 3.73. The summed E-state index contributed by atoms with van der Waals surface area (Å²) in [4.78, 5) is 0. The van der Waals surface area contributed by atoms with Crippen LogP contribution in [0.15, 0.2) is 0 Å². The monoisotopic (exact) mass is 266 g/mol. The summed E-state index contributed by atoms with van der Waals surface area (Å²) in [5.74, 6) is 0. The first kappa shape index (κ1) is 17.0. The van der Waals surface area contributed by atoms with Crippen LogP contribution in [0.1, 0.15) is 0 Å². The molecule has 2 radical (unpaired) electrons. The Labute approximate surface area is 106 Å². The van der Waals surface area contributed by atoms with Crippen LogP contribution < -0.4 is 0 Å². The molecule has 0 bridgehead atoms. The van der Waals surface area contributed by atoms with Gasteiger partial charge in [-0.2, -0.15) is 0 Å². The van der Waals surface area contributed by atoms with Gasteiger partial charge in [-0.15, -0.1) is 0 Å². The SMILES string of the molecule is COCCOCCO[Si]OCCOCCOC. The minimum Gasteiger partial charge on any atom is -0.390 e. The molecule has 0 amide bonds. The van der Waals surface area contributed by atoms with Crippen molar-refractivity contribution < 1.29 is 27.8 Å². The van der Waals surface area contributed by atoms with E-state index in [-0.39, 0.29) is 10.0 Å². The molecule has 0 saturated heterocycles. The Morgan fingerprint density at radius 3 is 1.41 bits per heavy atom. The van der Waals surface area contributed by atoms with Gasteiger partial charge in [0.25, 0.3) is 0 Å². The molecule has 0 aromatic heterocycles. The summed E-state index contributed by atoms with van der Waals surface area (Å²) in [6.45, 7) is 4.59. The van der Waals surface area contributed by atoms with Crippen molar-refractivity contribution in [1.29, 1.82) is 0 Å². The zero-order chi connectivity index (χ0) is 12.6. The maximum Gasteiger partial charge on any atom is 0.433 e. The third kappa shape index (κ3) is 16.0. The van der Waals surface area contributed by atoms with Gasteiger partial charge in [0.2, 0.25) is 0 Å². The molecule has 0 aliphatic rings. The van der Waals surface area contributed by atoms with Crippen LogP contribution in [0.25, 0.3) is 0 Å². The summed E-state index contributed by atoms with van der Waals surface area (Å²) in [6.07, 6.45) is 0. The quantitative estimate of drug-likeness (QED) is 0.323. The molecule has 0 unspecified atom stereocenters. The highest BCUT2D eigenvalue weighted by Gasteiger charge is 1.95. The van der Waals surface area contributed by atoms with Crippen LogP contribution in [0.4, 0.5) is 0 Å². The van der Waals surface area contributed by atoms with E-state index >= 15 is 0 Å². The summed E-state index contributed by atoms with van der Waals surface area (Å²) in [7, 11) is 3.32. The predicted octanol–water partition coefficient (Wildman–Crippen LogP) is -0.120. The predicted molar refractivity (Wildman–Crippen MR) is 63.0 cm³/mol. The summed E-state index contributed by atoms with van der Waals surface area (Å²) < 4.78 is 30.5. The van der Waals surface area contributed by atoms with Gasteiger partial charge in [0.1, 0.15) is 0 Å². The molecule has 17 heavy (non-hydrogen) atoms. The second kappa shape index (κ2) is 16.0. The standard InChI is InChI=1S/C10H22O6Si/c1-11-3-5-13-7-9-15-17-16-10-8-14-6-4-12-2/h3-10H2,1-2H3. The largest absolute Gasteiger partial charge is 0.433 e. The lowest BCUT2D eigenvalue weighted by atomic mass is 10.7. The van der Waals surface area contributed by atoms with Crippen molar-refractivity contribution in [2.75, 3.05) is 67.1 Å². The summed E-state index contributed by atoms with van der Waals surface area (Å²) >= 11 is 0. The second-order valence-electron chi connectivity index (χ2n) is 2.99. The molecular formula is C10H22O6Si. The summed E-state index contributed by atoms with van der Waals surface area (Å²) in [5.41, 5.74) is 0. The third-order valence-corrected chi connectivity index (χ3v) is 2.28. The molecule has 0 spiro atoms. The Bertz CT molecular complexity index is 124. The Kier molecular flexibility index (Phi) is 16.0. The van der Waals surface area contributed by atoms with Gasteiger partial charge in [-0.3, -0.25) is 0 Å². The first-order valence-corrected chi connectivity index (χ1v) is 6.35. The number of ether oxygens (including phenoxy) is 4. The third-order valence-electron chi connectivity index (χ3n) is 1.64. The number of rotatable bonds is 14. The van der Waals surface area contributed by atoms with Crippen molar-refractivity contribution in [3.05, 3.63) is 0 Å². The molecule has 0 saturated carbocycles. The Morgan fingerprint density at radius 1 is 0.588 bits per heavy atom. The Morgan fingerprint density at radius 2 is 1.00 bits per heavy atom. The van der Waals surface area contributed by atoms with Crippen LogP contribution in [-0.2, 0) is 27.8 Å². The maximum absolute atomic E-state index is 5.21. The van der Waals surface area contributed by atoms with E-state index in [2.05, 4.69) is 0 Å². The normalized spacial score (nSPS) is 10.9. The van der Waals surface area contributed by atoms with E-state index in [1.165, 1.54) is 0 Å². The van der Waals surface area contributed by atoms with E-state index in [1.807, 2.05) is 0 Å². The molecule has 0 N–H and O–H groups in total. The van der Waals surface area contributed by atoms with Gasteiger partial charge in [-0.25, -0.2) is 0 Å². The van der Waals surface area contributed by atoms with E-state index in [1.54, 1.807) is 14.2 Å². The van der Waals surface area contributed by atoms with Crippen molar-refractivity contribution in [2.45, 2.75) is 0 Å². The highest BCUT2D eigenvalue weighted by molar-refractivity contribution is 6.17. The number of hydrogen-bond acceptors (Lipinski definition) is 6. The average molecular weight is 266 g/mol. The van der Waals surface area contributed by atoms with Gasteiger partial charge in [0.15, 0.2) is 0 Å². The average Bonchev–Trinajstić information content (AvgIpc) is 2.35. The highest BCUT2D eigenvalue weighted by atomic mass is 28.3. The zero-order valence-electron chi connectivity index (χ0n) is 10.6. The summed E-state index contributed by atoms with van der Waals surface area (Å²) in [6, 6.07) is 0. The molecule has 0 aliphatic heterocycles. The molecule has 0 aromatic carbocycles. The van der Waals surface area contributed by atoms with Crippen molar-refractivity contribution in [3.63, 3.8) is 0 Å². The van der Waals surface area contributed by atoms with Gasteiger partial charge in [0.05, 0.1) is 52.9 Å². The lowest BCUT2D eigenvalue weighted by molar-refractivity contribution is 0.0410. The van der Waals surface area contributed by atoms with Crippen LogP contribution >= 0.6 is 0 Å². The highest BCUT2D eigenvalue weighted by Crippen LogP contribution is 1.81. The smallest absolute Gasteiger partial charge is 0.390 e. The minimum absolute atomic E-state index is 0.0341. The van der Waals surface area contributed by atoms with Crippen molar-refractivity contribution >= 4 is 10.0 Å². The van der Waals surface area contributed by atoms with Crippen molar-refractivity contribution in [1.82, 2.24) is 0 Å². The number of hydrogen-bond donors (Lipinski definition) is 0. The summed E-state index contributed by atoms with van der Waals surface area (Å²) in [5, 5.41) is 0. The Hall–Kier alpha value is -0.0231. The fourth-order valence-corrected chi connectivity index (χ4v) is 1.23. The van der Waals surface area contributed by atoms with E-state index < -0.39 is 0 Å². The van der Waals surface area contributed by atoms with Gasteiger partial charge in [-0.1, -0.05) is 0 Å². The molecule has 0 atom stereocenters. The molecule has 0 rings (SSSR count). The van der Waals surface area contributed by atoms with Crippen molar-refractivity contribution in [2.24, 2.45) is 0 Å². The molecular weight excluding hydrogens is 244 g/mol. The van der Waals surface area contributed by atoms with E-state index in [9.17, 15) is 0 Å². The first-order valence-electron chi connectivity index (χ1n) is 5.53. The van der Waals surface area contributed by atoms with E-state index in [4.69, 9.17) is 27.8 Å². The lowest BCUT2D eigenvalue weighted by Gasteiger charge is -2.05. The first-order chi connectivity index (χ1) is 8.41. The van der Waals surface area contributed by atoms with Crippen LogP contribution in [-0.4, -0.2) is 77.1 Å². The van der Waals surface area contributed by atoms with Crippen LogP contribution in [0.5, 0.6) is 0 Å². The van der Waals surface area contributed by atoms with E-state index in [0.717, 1.165) is 0 Å². The minimum atomic E-state index is 0.0341. The molecule has 0 aromatic rings. The van der Waals surface area contributed by atoms with Gasteiger partial charge in [-0.05, 0) is 0 Å². The molecule has 102 valence electrons. The molecule has 0 heterocycles.